The SMILES string of the molecule is CCN(CCOc1ccc(Br)cc1)C(=O)C(C)CN. The third kappa shape index (κ3) is 5.20. The molecule has 1 aromatic rings. The smallest absolute Gasteiger partial charge is 0.226 e. The summed E-state index contributed by atoms with van der Waals surface area (Å²) in [7, 11) is 0. The highest BCUT2D eigenvalue weighted by Crippen LogP contribution is 2.16. The van der Waals surface area contributed by atoms with Gasteiger partial charge in [-0.2, -0.15) is 0 Å². The third-order valence-corrected chi connectivity index (χ3v) is 3.44. The van der Waals surface area contributed by atoms with E-state index in [0.717, 1.165) is 10.2 Å². The predicted molar refractivity (Wildman–Crippen MR) is 80.1 cm³/mol. The number of likely N-dealkylation sites (N-methyl/N-ethyl adjacent to an activating group) is 1. The Morgan fingerprint density at radius 3 is 2.58 bits per heavy atom. The fourth-order valence-corrected chi connectivity index (χ4v) is 1.91. The van der Waals surface area contributed by atoms with Crippen LogP contribution in [0.3, 0.4) is 0 Å². The van der Waals surface area contributed by atoms with E-state index in [0.29, 0.717) is 26.2 Å². The summed E-state index contributed by atoms with van der Waals surface area (Å²) in [6.45, 7) is 5.92. The van der Waals surface area contributed by atoms with Crippen LogP contribution in [0.5, 0.6) is 5.75 Å². The Kier molecular flexibility index (Phi) is 6.87. The van der Waals surface area contributed by atoms with E-state index in [-0.39, 0.29) is 11.8 Å². The summed E-state index contributed by atoms with van der Waals surface area (Å²) in [5, 5.41) is 0. The molecule has 19 heavy (non-hydrogen) atoms. The quantitative estimate of drug-likeness (QED) is 0.835. The summed E-state index contributed by atoms with van der Waals surface area (Å²) in [4.78, 5) is 13.8. The number of ether oxygens (including phenoxy) is 1. The predicted octanol–water partition coefficient (Wildman–Crippen LogP) is 2.27. The Morgan fingerprint density at radius 2 is 2.05 bits per heavy atom. The molecular weight excluding hydrogens is 308 g/mol. The molecule has 1 aromatic carbocycles. The summed E-state index contributed by atoms with van der Waals surface area (Å²) in [5.41, 5.74) is 5.52. The Hall–Kier alpha value is -1.07. The van der Waals surface area contributed by atoms with E-state index in [2.05, 4.69) is 15.9 Å². The van der Waals surface area contributed by atoms with Gasteiger partial charge in [0.15, 0.2) is 0 Å². The van der Waals surface area contributed by atoms with E-state index >= 15 is 0 Å². The molecule has 0 saturated heterocycles. The molecule has 0 bridgehead atoms. The molecule has 0 aliphatic rings. The van der Waals surface area contributed by atoms with Crippen molar-refractivity contribution in [3.63, 3.8) is 0 Å². The fraction of sp³-hybridized carbons (Fsp3) is 0.500. The molecule has 106 valence electrons. The summed E-state index contributed by atoms with van der Waals surface area (Å²) >= 11 is 3.37. The van der Waals surface area contributed by atoms with Crippen LogP contribution in [0.1, 0.15) is 13.8 Å². The standard InChI is InChI=1S/C14H21BrN2O2/c1-3-17(14(18)11(2)10-16)8-9-19-13-6-4-12(15)5-7-13/h4-7,11H,3,8-10,16H2,1-2H3. The van der Waals surface area contributed by atoms with Gasteiger partial charge in [0.1, 0.15) is 12.4 Å². The molecule has 0 saturated carbocycles. The molecule has 2 N–H and O–H groups in total. The minimum absolute atomic E-state index is 0.0874. The van der Waals surface area contributed by atoms with Crippen molar-refractivity contribution in [3.05, 3.63) is 28.7 Å². The highest BCUT2D eigenvalue weighted by Gasteiger charge is 2.17. The average molecular weight is 329 g/mol. The van der Waals surface area contributed by atoms with Gasteiger partial charge < -0.3 is 15.4 Å². The maximum absolute atomic E-state index is 12.0. The first-order valence-corrected chi connectivity index (χ1v) is 7.25. The zero-order chi connectivity index (χ0) is 14.3. The molecule has 0 aliphatic heterocycles. The van der Waals surface area contributed by atoms with E-state index < -0.39 is 0 Å². The Labute approximate surface area is 123 Å². The minimum atomic E-state index is -0.132. The van der Waals surface area contributed by atoms with E-state index in [1.807, 2.05) is 38.1 Å². The molecule has 4 nitrogen and oxygen atoms in total. The lowest BCUT2D eigenvalue weighted by Crippen LogP contribution is -2.40. The topological polar surface area (TPSA) is 55.6 Å². The van der Waals surface area contributed by atoms with Gasteiger partial charge in [-0.05, 0) is 31.2 Å². The lowest BCUT2D eigenvalue weighted by molar-refractivity contribution is -0.134. The van der Waals surface area contributed by atoms with Crippen molar-refractivity contribution in [2.24, 2.45) is 11.7 Å². The number of carbonyl (C=O) groups is 1. The molecule has 0 spiro atoms. The van der Waals surface area contributed by atoms with Crippen molar-refractivity contribution in [1.82, 2.24) is 4.90 Å². The molecule has 0 fully saturated rings. The Balaban J connectivity index is 2.41. The second-order valence-corrected chi connectivity index (χ2v) is 5.27. The van der Waals surface area contributed by atoms with Crippen LogP contribution >= 0.6 is 15.9 Å². The maximum atomic E-state index is 12.0. The van der Waals surface area contributed by atoms with Crippen molar-refractivity contribution in [2.75, 3.05) is 26.2 Å². The van der Waals surface area contributed by atoms with Crippen LogP contribution in [-0.2, 0) is 4.79 Å². The van der Waals surface area contributed by atoms with Crippen molar-refractivity contribution in [1.29, 1.82) is 0 Å². The van der Waals surface area contributed by atoms with Gasteiger partial charge in [0.2, 0.25) is 5.91 Å². The van der Waals surface area contributed by atoms with Crippen molar-refractivity contribution < 1.29 is 9.53 Å². The Morgan fingerprint density at radius 1 is 1.42 bits per heavy atom. The number of benzene rings is 1. The van der Waals surface area contributed by atoms with Crippen LogP contribution in [0, 0.1) is 5.92 Å². The maximum Gasteiger partial charge on any atom is 0.226 e. The van der Waals surface area contributed by atoms with Gasteiger partial charge >= 0.3 is 0 Å². The summed E-state index contributed by atoms with van der Waals surface area (Å²) in [6, 6.07) is 7.64. The average Bonchev–Trinajstić information content (AvgIpc) is 2.44. The van der Waals surface area contributed by atoms with Crippen LogP contribution < -0.4 is 10.5 Å². The van der Waals surface area contributed by atoms with Crippen LogP contribution in [0.4, 0.5) is 0 Å². The Bertz CT molecular complexity index is 395. The number of hydrogen-bond acceptors (Lipinski definition) is 3. The summed E-state index contributed by atoms with van der Waals surface area (Å²) < 4.78 is 6.63. The number of halogens is 1. The lowest BCUT2D eigenvalue weighted by Gasteiger charge is -2.23. The first-order valence-electron chi connectivity index (χ1n) is 6.45. The zero-order valence-corrected chi connectivity index (χ0v) is 13.0. The van der Waals surface area contributed by atoms with Gasteiger partial charge in [-0.1, -0.05) is 22.9 Å². The number of amides is 1. The van der Waals surface area contributed by atoms with Crippen molar-refractivity contribution >= 4 is 21.8 Å². The molecule has 1 atom stereocenters. The van der Waals surface area contributed by atoms with Crippen molar-refractivity contribution in [2.45, 2.75) is 13.8 Å². The first kappa shape index (κ1) is 16.0. The molecule has 0 radical (unpaired) electrons. The number of nitrogens with two attached hydrogens (primary N) is 1. The minimum Gasteiger partial charge on any atom is -0.492 e. The molecule has 0 aliphatic carbocycles. The zero-order valence-electron chi connectivity index (χ0n) is 11.4. The molecule has 1 unspecified atom stereocenters. The van der Waals surface area contributed by atoms with E-state index in [1.54, 1.807) is 4.90 Å². The monoisotopic (exact) mass is 328 g/mol. The van der Waals surface area contributed by atoms with Crippen LogP contribution in [0.2, 0.25) is 0 Å². The van der Waals surface area contributed by atoms with Gasteiger partial charge in [0.05, 0.1) is 6.54 Å². The number of carbonyl (C=O) groups excluding carboxylic acids is 1. The molecule has 0 heterocycles. The lowest BCUT2D eigenvalue weighted by atomic mass is 10.1. The molecule has 1 amide bonds. The molecular formula is C14H21BrN2O2. The number of nitrogens with zero attached hydrogens (tertiary/aromatic N) is 1. The van der Waals surface area contributed by atoms with Crippen LogP contribution in [0.15, 0.2) is 28.7 Å². The second kappa shape index (κ2) is 8.17. The summed E-state index contributed by atoms with van der Waals surface area (Å²) in [6.07, 6.45) is 0. The van der Waals surface area contributed by atoms with E-state index in [4.69, 9.17) is 10.5 Å². The number of rotatable bonds is 7. The largest absolute Gasteiger partial charge is 0.492 e. The molecule has 1 rings (SSSR count). The van der Waals surface area contributed by atoms with Gasteiger partial charge in [-0.25, -0.2) is 0 Å². The highest BCUT2D eigenvalue weighted by atomic mass is 79.9. The van der Waals surface area contributed by atoms with Gasteiger partial charge in [0, 0.05) is 23.5 Å². The van der Waals surface area contributed by atoms with Crippen molar-refractivity contribution in [3.8, 4) is 5.75 Å². The molecule has 0 aromatic heterocycles. The first-order chi connectivity index (χ1) is 9.08. The highest BCUT2D eigenvalue weighted by molar-refractivity contribution is 9.10. The van der Waals surface area contributed by atoms with Crippen LogP contribution in [0.25, 0.3) is 0 Å². The normalized spacial score (nSPS) is 12.0. The van der Waals surface area contributed by atoms with Gasteiger partial charge in [-0.15, -0.1) is 0 Å². The van der Waals surface area contributed by atoms with Gasteiger partial charge in [0.25, 0.3) is 0 Å². The fourth-order valence-electron chi connectivity index (χ4n) is 1.64. The van der Waals surface area contributed by atoms with E-state index in [1.165, 1.54) is 0 Å². The van der Waals surface area contributed by atoms with E-state index in [9.17, 15) is 4.79 Å². The van der Waals surface area contributed by atoms with Gasteiger partial charge in [-0.3, -0.25) is 4.79 Å². The van der Waals surface area contributed by atoms with Crippen LogP contribution in [-0.4, -0.2) is 37.0 Å². The third-order valence-electron chi connectivity index (χ3n) is 2.91. The summed E-state index contributed by atoms with van der Waals surface area (Å²) in [5.74, 6) is 0.760. The molecule has 5 heteroatoms. The number of hydrogen-bond donors (Lipinski definition) is 1. The second-order valence-electron chi connectivity index (χ2n) is 4.36.